The molecule has 0 radical (unpaired) electrons. The van der Waals surface area contributed by atoms with Gasteiger partial charge in [0, 0.05) is 19.5 Å². The fraction of sp³-hybridized carbons (Fsp3) is 0.357. The zero-order valence-corrected chi connectivity index (χ0v) is 10.7. The molecule has 5 nitrogen and oxygen atoms in total. The number of rotatable bonds is 3. The van der Waals surface area contributed by atoms with Gasteiger partial charge in [-0.25, -0.2) is 4.39 Å². The summed E-state index contributed by atoms with van der Waals surface area (Å²) >= 11 is 0. The second kappa shape index (κ2) is 5.70. The minimum Gasteiger partial charge on any atom is -0.481 e. The first-order valence-electron chi connectivity index (χ1n) is 6.20. The van der Waals surface area contributed by atoms with Crippen LogP contribution in [0.4, 0.5) is 4.39 Å². The summed E-state index contributed by atoms with van der Waals surface area (Å²) in [6, 6.07) is 5.68. The van der Waals surface area contributed by atoms with Crippen molar-refractivity contribution in [1.29, 1.82) is 5.26 Å². The van der Waals surface area contributed by atoms with Gasteiger partial charge in [0.25, 0.3) is 0 Å². The van der Waals surface area contributed by atoms with Crippen LogP contribution in [0.5, 0.6) is 0 Å². The molecule has 1 N–H and O–H groups in total. The summed E-state index contributed by atoms with van der Waals surface area (Å²) in [4.78, 5) is 24.2. The van der Waals surface area contributed by atoms with Crippen LogP contribution >= 0.6 is 0 Å². The van der Waals surface area contributed by atoms with Crippen LogP contribution in [0.1, 0.15) is 24.0 Å². The molecule has 0 bridgehead atoms. The number of hydrogen-bond acceptors (Lipinski definition) is 3. The van der Waals surface area contributed by atoms with E-state index in [4.69, 9.17) is 10.4 Å². The number of nitrogens with zero attached hydrogens (tertiary/aromatic N) is 2. The Labute approximate surface area is 115 Å². The molecule has 0 spiro atoms. The maximum absolute atomic E-state index is 13.2. The monoisotopic (exact) mass is 276 g/mol. The molecule has 6 heteroatoms. The second-order valence-corrected chi connectivity index (χ2v) is 4.76. The Kier molecular flexibility index (Phi) is 3.99. The number of carboxylic acid groups (broad SMARTS) is 1. The van der Waals surface area contributed by atoms with Crippen molar-refractivity contribution in [3.05, 3.63) is 35.1 Å². The van der Waals surface area contributed by atoms with Crippen LogP contribution in [0.3, 0.4) is 0 Å². The molecule has 0 saturated carbocycles. The van der Waals surface area contributed by atoms with Crippen LogP contribution in [0.15, 0.2) is 18.2 Å². The van der Waals surface area contributed by atoms with Crippen molar-refractivity contribution < 1.29 is 19.1 Å². The van der Waals surface area contributed by atoms with Crippen molar-refractivity contribution >= 4 is 11.9 Å². The van der Waals surface area contributed by atoms with Crippen molar-refractivity contribution in [2.75, 3.05) is 6.54 Å². The Bertz CT molecular complexity index is 595. The number of carbonyl (C=O) groups excluding carboxylic acids is 1. The van der Waals surface area contributed by atoms with Crippen molar-refractivity contribution in [3.63, 3.8) is 0 Å². The molecule has 1 aliphatic rings. The number of carboxylic acids is 1. The average molecular weight is 276 g/mol. The van der Waals surface area contributed by atoms with Gasteiger partial charge >= 0.3 is 5.97 Å². The van der Waals surface area contributed by atoms with E-state index in [1.807, 2.05) is 6.07 Å². The average Bonchev–Trinajstić information content (AvgIpc) is 2.41. The highest BCUT2D eigenvalue weighted by atomic mass is 19.1. The summed E-state index contributed by atoms with van der Waals surface area (Å²) in [7, 11) is 0. The Morgan fingerprint density at radius 1 is 1.55 bits per heavy atom. The second-order valence-electron chi connectivity index (χ2n) is 4.76. The van der Waals surface area contributed by atoms with Gasteiger partial charge in [0.1, 0.15) is 5.82 Å². The smallest absolute Gasteiger partial charge is 0.308 e. The van der Waals surface area contributed by atoms with Crippen molar-refractivity contribution in [3.8, 4) is 6.07 Å². The molecule has 1 saturated heterocycles. The molecule has 2 rings (SSSR count). The van der Waals surface area contributed by atoms with Crippen molar-refractivity contribution in [2.24, 2.45) is 5.92 Å². The molecule has 20 heavy (non-hydrogen) atoms. The molecule has 1 amide bonds. The molecule has 104 valence electrons. The summed E-state index contributed by atoms with van der Waals surface area (Å²) in [5.41, 5.74) is 0.684. The van der Waals surface area contributed by atoms with Gasteiger partial charge in [-0.1, -0.05) is 0 Å². The first-order valence-corrected chi connectivity index (χ1v) is 6.20. The molecule has 1 aromatic carbocycles. The number of halogens is 1. The number of piperidine rings is 1. The standard InChI is InChI=1S/C14H13FN2O3/c15-12-3-1-9(6-16)11(5-12)8-17-7-10(14(19)20)2-4-13(17)18/h1,3,5,10H,2,4,7-8H2,(H,19,20). The summed E-state index contributed by atoms with van der Waals surface area (Å²) in [6.45, 7) is 0.152. The lowest BCUT2D eigenvalue weighted by atomic mass is 9.96. The Hall–Kier alpha value is -2.42. The molecule has 0 aliphatic carbocycles. The highest BCUT2D eigenvalue weighted by Gasteiger charge is 2.30. The predicted molar refractivity (Wildman–Crippen MR) is 66.9 cm³/mol. The molecule has 1 aliphatic heterocycles. The van der Waals surface area contributed by atoms with Crippen LogP contribution in [0, 0.1) is 23.1 Å². The molecule has 0 aromatic heterocycles. The van der Waals surface area contributed by atoms with Crippen LogP contribution in [-0.2, 0) is 16.1 Å². The van der Waals surface area contributed by atoms with Crippen molar-refractivity contribution in [1.82, 2.24) is 4.90 Å². The Balaban J connectivity index is 2.20. The van der Waals surface area contributed by atoms with Crippen LogP contribution in [0.2, 0.25) is 0 Å². The van der Waals surface area contributed by atoms with E-state index >= 15 is 0 Å². The lowest BCUT2D eigenvalue weighted by Gasteiger charge is -2.30. The molecule has 1 atom stereocenters. The molecular weight excluding hydrogens is 263 g/mol. The van der Waals surface area contributed by atoms with Crippen LogP contribution in [-0.4, -0.2) is 28.4 Å². The van der Waals surface area contributed by atoms with E-state index in [0.29, 0.717) is 12.0 Å². The maximum atomic E-state index is 13.2. The number of amides is 1. The molecule has 1 fully saturated rings. The quantitative estimate of drug-likeness (QED) is 0.907. The summed E-state index contributed by atoms with van der Waals surface area (Å²) in [6.07, 6.45) is 0.479. The van der Waals surface area contributed by atoms with Gasteiger partial charge in [-0.3, -0.25) is 9.59 Å². The van der Waals surface area contributed by atoms with E-state index in [0.717, 1.165) is 0 Å². The molecule has 1 unspecified atom stereocenters. The number of carbonyl (C=O) groups is 2. The fourth-order valence-electron chi connectivity index (χ4n) is 2.28. The van der Waals surface area contributed by atoms with Gasteiger partial charge in [0.05, 0.1) is 17.6 Å². The topological polar surface area (TPSA) is 81.4 Å². The molecular formula is C14H13FN2O3. The number of hydrogen-bond donors (Lipinski definition) is 1. The van der Waals surface area contributed by atoms with E-state index in [1.165, 1.54) is 23.1 Å². The first-order chi connectivity index (χ1) is 9.51. The van der Waals surface area contributed by atoms with E-state index in [9.17, 15) is 14.0 Å². The number of nitriles is 1. The molecule has 1 heterocycles. The van der Waals surface area contributed by atoms with Crippen molar-refractivity contribution in [2.45, 2.75) is 19.4 Å². The molecule has 1 aromatic rings. The summed E-state index contributed by atoms with van der Waals surface area (Å²) in [5.74, 6) is -2.21. The third kappa shape index (κ3) is 2.94. The van der Waals surface area contributed by atoms with Crippen LogP contribution in [0.25, 0.3) is 0 Å². The summed E-state index contributed by atoms with van der Waals surface area (Å²) in [5, 5.41) is 18.0. The van der Waals surface area contributed by atoms with E-state index in [1.54, 1.807) is 0 Å². The van der Waals surface area contributed by atoms with E-state index in [2.05, 4.69) is 0 Å². The van der Waals surface area contributed by atoms with Gasteiger partial charge in [0.2, 0.25) is 5.91 Å². The normalized spacial score (nSPS) is 18.7. The number of likely N-dealkylation sites (tertiary alicyclic amines) is 1. The highest BCUT2D eigenvalue weighted by Crippen LogP contribution is 2.21. The van der Waals surface area contributed by atoms with Gasteiger partial charge < -0.3 is 10.0 Å². The fourth-order valence-corrected chi connectivity index (χ4v) is 2.28. The minimum atomic E-state index is -0.942. The third-order valence-electron chi connectivity index (χ3n) is 3.40. The van der Waals surface area contributed by atoms with Gasteiger partial charge in [0.15, 0.2) is 0 Å². The Morgan fingerprint density at radius 3 is 2.95 bits per heavy atom. The van der Waals surface area contributed by atoms with Gasteiger partial charge in [-0.15, -0.1) is 0 Å². The maximum Gasteiger partial charge on any atom is 0.308 e. The largest absolute Gasteiger partial charge is 0.481 e. The third-order valence-corrected chi connectivity index (χ3v) is 3.40. The van der Waals surface area contributed by atoms with Gasteiger partial charge in [-0.05, 0) is 30.2 Å². The lowest BCUT2D eigenvalue weighted by Crippen LogP contribution is -2.42. The van der Waals surface area contributed by atoms with Crippen LogP contribution < -0.4 is 0 Å². The SMILES string of the molecule is N#Cc1ccc(F)cc1CN1CC(C(=O)O)CCC1=O. The minimum absolute atomic E-state index is 0.0588. The van der Waals surface area contributed by atoms with E-state index < -0.39 is 17.7 Å². The predicted octanol–water partition coefficient (Wildman–Crippen LogP) is 1.52. The van der Waals surface area contributed by atoms with E-state index in [-0.39, 0.29) is 31.0 Å². The Morgan fingerprint density at radius 2 is 2.30 bits per heavy atom. The zero-order chi connectivity index (χ0) is 14.7. The zero-order valence-electron chi connectivity index (χ0n) is 10.7. The summed E-state index contributed by atoms with van der Waals surface area (Å²) < 4.78 is 13.2. The van der Waals surface area contributed by atoms with Gasteiger partial charge in [-0.2, -0.15) is 5.26 Å². The first kappa shape index (κ1) is 14.0. The lowest BCUT2D eigenvalue weighted by molar-refractivity contribution is -0.147. The highest BCUT2D eigenvalue weighted by molar-refractivity contribution is 5.80. The number of aliphatic carboxylic acids is 1. The number of benzene rings is 1.